The molecule has 2 unspecified atom stereocenters. The van der Waals surface area contributed by atoms with Gasteiger partial charge in [0, 0.05) is 0 Å². The molecule has 0 N–H and O–H groups in total. The monoisotopic (exact) mass is 626 g/mol. The number of hydrogen-bond acceptors (Lipinski definition) is 0. The van der Waals surface area contributed by atoms with Crippen LogP contribution in [0.5, 0.6) is 0 Å². The first-order valence-electron chi connectivity index (χ1n) is 18.1. The molecule has 0 radical (unpaired) electrons. The summed E-state index contributed by atoms with van der Waals surface area (Å²) in [6.07, 6.45) is 5.14. The molecule has 0 amide bonds. The first-order valence-corrected chi connectivity index (χ1v) is 18.1. The van der Waals surface area contributed by atoms with E-state index in [0.29, 0.717) is 6.71 Å². The highest BCUT2D eigenvalue weighted by molar-refractivity contribution is 6.89. The molecular weight excluding hydrogens is 587 g/mol. The Balaban J connectivity index is 1.27. The van der Waals surface area contributed by atoms with Crippen molar-refractivity contribution in [2.75, 3.05) is 0 Å². The summed E-state index contributed by atoms with van der Waals surface area (Å²) >= 11 is 0. The van der Waals surface area contributed by atoms with Crippen molar-refractivity contribution in [2.24, 2.45) is 0 Å². The average molecular weight is 627 g/mol. The normalized spacial score (nSPS) is 20.2. The van der Waals surface area contributed by atoms with Gasteiger partial charge in [-0.2, -0.15) is 0 Å². The van der Waals surface area contributed by atoms with E-state index in [1.54, 1.807) is 5.56 Å². The number of hydrogen-bond donors (Lipinski definition) is 0. The van der Waals surface area contributed by atoms with Crippen molar-refractivity contribution in [3.63, 3.8) is 0 Å². The molecule has 49 heavy (non-hydrogen) atoms. The molecular formula is C48H39B. The lowest BCUT2D eigenvalue weighted by molar-refractivity contribution is 0.243. The van der Waals surface area contributed by atoms with Crippen molar-refractivity contribution in [3.8, 4) is 33.4 Å². The predicted molar refractivity (Wildman–Crippen MR) is 212 cm³/mol. The number of benzene rings is 8. The summed E-state index contributed by atoms with van der Waals surface area (Å²) in [5.74, 6) is 0. The Labute approximate surface area is 289 Å². The maximum atomic E-state index is 2.61. The Hall–Kier alpha value is -5.14. The molecule has 1 heterocycles. The molecule has 1 aliphatic carbocycles. The molecule has 8 aromatic rings. The van der Waals surface area contributed by atoms with Crippen molar-refractivity contribution < 1.29 is 0 Å². The SMILES string of the molecule is CC12CCCCC1(C)c1cc(-c3cc(-c4ccccc4)c4ccc5ccc(-c6ccccc6)c6ccc3c4c56)ccc1B2c1ccccc1. The molecule has 1 saturated carbocycles. The summed E-state index contributed by atoms with van der Waals surface area (Å²) in [4.78, 5) is 0. The zero-order valence-corrected chi connectivity index (χ0v) is 28.3. The van der Waals surface area contributed by atoms with Crippen molar-refractivity contribution in [2.45, 2.75) is 50.3 Å². The molecule has 0 saturated heterocycles. The van der Waals surface area contributed by atoms with Crippen LogP contribution in [0.15, 0.2) is 152 Å². The highest BCUT2D eigenvalue weighted by atomic mass is 14.5. The molecule has 234 valence electrons. The van der Waals surface area contributed by atoms with Gasteiger partial charge in [0.2, 0.25) is 6.71 Å². The molecule has 1 heteroatoms. The van der Waals surface area contributed by atoms with Crippen molar-refractivity contribution in [1.29, 1.82) is 0 Å². The van der Waals surface area contributed by atoms with E-state index in [0.717, 1.165) is 0 Å². The highest BCUT2D eigenvalue weighted by Gasteiger charge is 2.60. The first-order chi connectivity index (χ1) is 24.0. The number of rotatable bonds is 4. The smallest absolute Gasteiger partial charge is 0.0735 e. The van der Waals surface area contributed by atoms with Crippen LogP contribution in [0, 0.1) is 0 Å². The Morgan fingerprint density at radius 1 is 0.469 bits per heavy atom. The van der Waals surface area contributed by atoms with Crippen LogP contribution in [-0.4, -0.2) is 6.71 Å². The Kier molecular flexibility index (Phi) is 6.29. The van der Waals surface area contributed by atoms with E-state index in [9.17, 15) is 0 Å². The summed E-state index contributed by atoms with van der Waals surface area (Å²) in [6.45, 7) is 5.60. The van der Waals surface area contributed by atoms with Gasteiger partial charge in [-0.1, -0.05) is 190 Å². The van der Waals surface area contributed by atoms with Gasteiger partial charge in [-0.25, -0.2) is 0 Å². The molecule has 10 rings (SSSR count). The van der Waals surface area contributed by atoms with Gasteiger partial charge in [0.05, 0.1) is 0 Å². The summed E-state index contributed by atoms with van der Waals surface area (Å²) in [7, 11) is 0. The lowest BCUT2D eigenvalue weighted by Crippen LogP contribution is -2.51. The van der Waals surface area contributed by atoms with E-state index in [4.69, 9.17) is 0 Å². The van der Waals surface area contributed by atoms with Crippen LogP contribution in [-0.2, 0) is 5.41 Å². The van der Waals surface area contributed by atoms with Crippen LogP contribution < -0.4 is 10.9 Å². The molecule has 0 spiro atoms. The maximum absolute atomic E-state index is 2.61. The Morgan fingerprint density at radius 2 is 1.04 bits per heavy atom. The molecule has 1 fully saturated rings. The Bertz CT molecular complexity index is 2520. The molecule has 0 nitrogen and oxygen atoms in total. The quantitative estimate of drug-likeness (QED) is 0.135. The molecule has 2 atom stereocenters. The summed E-state index contributed by atoms with van der Waals surface area (Å²) in [5, 5.41) is 8.22. The van der Waals surface area contributed by atoms with Gasteiger partial charge < -0.3 is 0 Å². The van der Waals surface area contributed by atoms with E-state index in [1.807, 2.05) is 0 Å². The second-order valence-electron chi connectivity index (χ2n) is 15.2. The standard InChI is InChI=1S/C48H39B/c1-47-28-12-13-29-48(47,2)49(36-18-10-5-11-19-36)44-27-22-35(30-43(44)47)42-31-41(33-16-8-4-9-17-33)39-24-21-34-20-23-37(32-14-6-3-7-15-32)38-25-26-40(42)46(39)45(34)38/h3-11,14-27,30-31H,12-13,28-29H2,1-2H3. The fraction of sp³-hybridized carbons (Fsp3) is 0.167. The number of fused-ring (bicyclic) bond motifs is 3. The van der Waals surface area contributed by atoms with Gasteiger partial charge in [0.25, 0.3) is 0 Å². The average Bonchev–Trinajstić information content (AvgIpc) is 3.37. The van der Waals surface area contributed by atoms with Crippen LogP contribution >= 0.6 is 0 Å². The van der Waals surface area contributed by atoms with E-state index in [2.05, 4.69) is 166 Å². The maximum Gasteiger partial charge on any atom is 0.216 e. The zero-order valence-electron chi connectivity index (χ0n) is 28.3. The zero-order chi connectivity index (χ0) is 32.7. The van der Waals surface area contributed by atoms with Crippen LogP contribution in [0.25, 0.3) is 65.7 Å². The van der Waals surface area contributed by atoms with E-state index in [-0.39, 0.29) is 10.7 Å². The second kappa shape index (κ2) is 10.7. The topological polar surface area (TPSA) is 0 Å². The minimum Gasteiger partial charge on any atom is -0.0735 e. The fourth-order valence-corrected chi connectivity index (χ4v) is 10.3. The van der Waals surface area contributed by atoms with Gasteiger partial charge in [0.1, 0.15) is 0 Å². The van der Waals surface area contributed by atoms with Crippen molar-refractivity contribution >= 4 is 50.0 Å². The van der Waals surface area contributed by atoms with Crippen LogP contribution in [0.3, 0.4) is 0 Å². The van der Waals surface area contributed by atoms with E-state index < -0.39 is 0 Å². The molecule has 1 aliphatic heterocycles. The van der Waals surface area contributed by atoms with Crippen molar-refractivity contribution in [1.82, 2.24) is 0 Å². The largest absolute Gasteiger partial charge is 0.216 e. The third-order valence-corrected chi connectivity index (χ3v) is 12.9. The third-order valence-electron chi connectivity index (χ3n) is 12.9. The van der Waals surface area contributed by atoms with Crippen molar-refractivity contribution in [3.05, 3.63) is 157 Å². The molecule has 0 bridgehead atoms. The third kappa shape index (κ3) is 4.05. The summed E-state index contributed by atoms with van der Waals surface area (Å²) in [5.41, 5.74) is 12.5. The first kappa shape index (κ1) is 28.8. The highest BCUT2D eigenvalue weighted by Crippen LogP contribution is 2.62. The van der Waals surface area contributed by atoms with E-state index >= 15 is 0 Å². The van der Waals surface area contributed by atoms with Gasteiger partial charge in [0.15, 0.2) is 0 Å². The Morgan fingerprint density at radius 3 is 1.76 bits per heavy atom. The fourth-order valence-electron chi connectivity index (χ4n) is 10.3. The van der Waals surface area contributed by atoms with E-state index in [1.165, 1.54) is 102 Å². The molecule has 0 aromatic heterocycles. The minimum atomic E-state index is 0.133. The van der Waals surface area contributed by atoms with Crippen LogP contribution in [0.4, 0.5) is 0 Å². The minimum absolute atomic E-state index is 0.133. The lowest BCUT2D eigenvalue weighted by Gasteiger charge is -2.48. The summed E-state index contributed by atoms with van der Waals surface area (Å²) < 4.78 is 0. The molecule has 8 aromatic carbocycles. The van der Waals surface area contributed by atoms with Gasteiger partial charge in [-0.05, 0) is 94.5 Å². The molecule has 2 aliphatic rings. The van der Waals surface area contributed by atoms with Crippen LogP contribution in [0.2, 0.25) is 5.31 Å². The van der Waals surface area contributed by atoms with Crippen LogP contribution in [0.1, 0.15) is 45.1 Å². The summed E-state index contributed by atoms with van der Waals surface area (Å²) in [6, 6.07) is 57.4. The second-order valence-corrected chi connectivity index (χ2v) is 15.2. The van der Waals surface area contributed by atoms with Gasteiger partial charge >= 0.3 is 0 Å². The predicted octanol–water partition coefficient (Wildman–Crippen LogP) is 11.8. The van der Waals surface area contributed by atoms with Gasteiger partial charge in [-0.15, -0.1) is 0 Å². The van der Waals surface area contributed by atoms with Gasteiger partial charge in [-0.3, -0.25) is 0 Å². The lowest BCUT2D eigenvalue weighted by atomic mass is 9.26.